The number of aliphatic hydroxyl groups excluding tert-OH is 1. The predicted octanol–water partition coefficient (Wildman–Crippen LogP) is 1.37. The highest BCUT2D eigenvalue weighted by Crippen LogP contribution is 2.11. The van der Waals surface area contributed by atoms with Crippen molar-refractivity contribution in [2.45, 2.75) is 26.3 Å². The normalized spacial score (nSPS) is 13.8. The summed E-state index contributed by atoms with van der Waals surface area (Å²) in [5, 5.41) is 11.9. The summed E-state index contributed by atoms with van der Waals surface area (Å²) in [4.78, 5) is 11.8. The minimum absolute atomic E-state index is 0.0271. The highest BCUT2D eigenvalue weighted by Gasteiger charge is 2.13. The van der Waals surface area contributed by atoms with Crippen molar-refractivity contribution in [2.24, 2.45) is 5.92 Å². The van der Waals surface area contributed by atoms with Crippen LogP contribution in [0.15, 0.2) is 24.3 Å². The van der Waals surface area contributed by atoms with Crippen LogP contribution in [-0.2, 0) is 11.2 Å². The number of rotatable bonds is 6. The molecule has 0 aliphatic rings. The summed E-state index contributed by atoms with van der Waals surface area (Å²) in [6, 6.07) is 7.39. The van der Waals surface area contributed by atoms with Crippen LogP contribution in [0.3, 0.4) is 0 Å². The lowest BCUT2D eigenvalue weighted by Crippen LogP contribution is -2.39. The third-order valence-electron chi connectivity index (χ3n) is 3.05. The Morgan fingerprint density at radius 1 is 1.33 bits per heavy atom. The molecule has 2 atom stereocenters. The van der Waals surface area contributed by atoms with Gasteiger partial charge in [-0.15, -0.1) is 0 Å². The molecule has 4 nitrogen and oxygen atoms in total. The number of nitrogens with one attached hydrogen (secondary N) is 1. The Bertz CT molecular complexity index is 375. The van der Waals surface area contributed by atoms with Gasteiger partial charge in [-0.25, -0.2) is 0 Å². The molecule has 2 unspecified atom stereocenters. The van der Waals surface area contributed by atoms with Gasteiger partial charge in [0.1, 0.15) is 5.75 Å². The molecular weight excluding hydrogens is 230 g/mol. The molecule has 0 saturated carbocycles. The molecular formula is C14H21NO3. The molecule has 0 saturated heterocycles. The lowest BCUT2D eigenvalue weighted by Gasteiger charge is -2.19. The maximum atomic E-state index is 11.8. The number of methoxy groups -OCH3 is 1. The minimum atomic E-state index is -0.0343. The van der Waals surface area contributed by atoms with Gasteiger partial charge in [0.15, 0.2) is 0 Å². The Kier molecular flexibility index (Phi) is 5.65. The quantitative estimate of drug-likeness (QED) is 0.803. The maximum absolute atomic E-state index is 11.8. The second-order valence-corrected chi connectivity index (χ2v) is 4.54. The highest BCUT2D eigenvalue weighted by atomic mass is 16.5. The van der Waals surface area contributed by atoms with E-state index in [4.69, 9.17) is 9.84 Å². The number of amides is 1. The first kappa shape index (κ1) is 14.5. The van der Waals surface area contributed by atoms with Crippen LogP contribution in [0.4, 0.5) is 0 Å². The molecule has 2 N–H and O–H groups in total. The van der Waals surface area contributed by atoms with Gasteiger partial charge in [0.2, 0.25) is 5.91 Å². The number of benzene rings is 1. The third kappa shape index (κ3) is 4.37. The summed E-state index contributed by atoms with van der Waals surface area (Å²) < 4.78 is 5.06. The average Bonchev–Trinajstić information content (AvgIpc) is 2.38. The summed E-state index contributed by atoms with van der Waals surface area (Å²) in [5.74, 6) is 0.805. The first-order valence-corrected chi connectivity index (χ1v) is 6.10. The van der Waals surface area contributed by atoms with Crippen molar-refractivity contribution in [1.82, 2.24) is 5.32 Å². The molecule has 0 aliphatic heterocycles. The second kappa shape index (κ2) is 7.01. The molecule has 0 spiro atoms. The molecule has 1 aromatic rings. The van der Waals surface area contributed by atoms with E-state index in [1.54, 1.807) is 7.11 Å². The van der Waals surface area contributed by atoms with Gasteiger partial charge < -0.3 is 15.2 Å². The Balaban J connectivity index is 2.48. The molecule has 1 aromatic carbocycles. The summed E-state index contributed by atoms with van der Waals surface area (Å²) in [6.07, 6.45) is 0.340. The zero-order valence-corrected chi connectivity index (χ0v) is 11.1. The molecule has 1 amide bonds. The Morgan fingerprint density at radius 3 is 2.44 bits per heavy atom. The van der Waals surface area contributed by atoms with E-state index in [-0.39, 0.29) is 24.5 Å². The van der Waals surface area contributed by atoms with E-state index in [0.29, 0.717) is 6.42 Å². The van der Waals surface area contributed by atoms with Gasteiger partial charge >= 0.3 is 0 Å². The summed E-state index contributed by atoms with van der Waals surface area (Å²) >= 11 is 0. The van der Waals surface area contributed by atoms with E-state index >= 15 is 0 Å². The molecule has 0 bridgehead atoms. The first-order chi connectivity index (χ1) is 8.56. The second-order valence-electron chi connectivity index (χ2n) is 4.54. The Hall–Kier alpha value is -1.55. The molecule has 0 aliphatic carbocycles. The fraction of sp³-hybridized carbons (Fsp3) is 0.500. The van der Waals surface area contributed by atoms with E-state index in [1.807, 2.05) is 38.1 Å². The minimum Gasteiger partial charge on any atom is -0.497 e. The first-order valence-electron chi connectivity index (χ1n) is 6.10. The SMILES string of the molecule is COc1ccc(CC(=O)NC(C)C(C)CO)cc1. The van der Waals surface area contributed by atoms with E-state index in [1.165, 1.54) is 0 Å². The summed E-state index contributed by atoms with van der Waals surface area (Å²) in [6.45, 7) is 3.87. The fourth-order valence-corrected chi connectivity index (χ4v) is 1.53. The number of hydrogen-bond donors (Lipinski definition) is 2. The zero-order valence-electron chi connectivity index (χ0n) is 11.1. The van der Waals surface area contributed by atoms with Crippen molar-refractivity contribution in [3.8, 4) is 5.75 Å². The van der Waals surface area contributed by atoms with Gasteiger partial charge in [-0.1, -0.05) is 19.1 Å². The van der Waals surface area contributed by atoms with Gasteiger partial charge in [0, 0.05) is 12.6 Å². The number of hydrogen-bond acceptors (Lipinski definition) is 3. The summed E-state index contributed by atoms with van der Waals surface area (Å²) in [5.41, 5.74) is 0.942. The standard InChI is InChI=1S/C14H21NO3/c1-10(9-16)11(2)15-14(17)8-12-4-6-13(18-3)7-5-12/h4-7,10-11,16H,8-9H2,1-3H3,(H,15,17). The Morgan fingerprint density at radius 2 is 1.94 bits per heavy atom. The van der Waals surface area contributed by atoms with Crippen LogP contribution < -0.4 is 10.1 Å². The topological polar surface area (TPSA) is 58.6 Å². The van der Waals surface area contributed by atoms with Crippen molar-refractivity contribution >= 4 is 5.91 Å². The van der Waals surface area contributed by atoms with Crippen molar-refractivity contribution in [1.29, 1.82) is 0 Å². The van der Waals surface area contributed by atoms with Crippen molar-refractivity contribution in [2.75, 3.05) is 13.7 Å². The van der Waals surface area contributed by atoms with Crippen LogP contribution in [0.5, 0.6) is 5.75 Å². The zero-order chi connectivity index (χ0) is 13.5. The predicted molar refractivity (Wildman–Crippen MR) is 70.6 cm³/mol. The van der Waals surface area contributed by atoms with E-state index in [0.717, 1.165) is 11.3 Å². The third-order valence-corrected chi connectivity index (χ3v) is 3.05. The largest absolute Gasteiger partial charge is 0.497 e. The Labute approximate surface area is 108 Å². The van der Waals surface area contributed by atoms with Gasteiger partial charge in [0.05, 0.1) is 13.5 Å². The molecule has 0 fully saturated rings. The lowest BCUT2D eigenvalue weighted by molar-refractivity contribution is -0.121. The molecule has 0 radical (unpaired) electrons. The van der Waals surface area contributed by atoms with Crippen molar-refractivity contribution in [3.05, 3.63) is 29.8 Å². The van der Waals surface area contributed by atoms with Gasteiger partial charge in [-0.05, 0) is 30.5 Å². The number of ether oxygens (including phenoxy) is 1. The van der Waals surface area contributed by atoms with Crippen LogP contribution in [0, 0.1) is 5.92 Å². The molecule has 0 heterocycles. The molecule has 4 heteroatoms. The van der Waals surface area contributed by atoms with Gasteiger partial charge in [-0.2, -0.15) is 0 Å². The highest BCUT2D eigenvalue weighted by molar-refractivity contribution is 5.78. The molecule has 100 valence electrons. The number of carbonyl (C=O) groups is 1. The smallest absolute Gasteiger partial charge is 0.224 e. The maximum Gasteiger partial charge on any atom is 0.224 e. The van der Waals surface area contributed by atoms with E-state index in [2.05, 4.69) is 5.32 Å². The lowest BCUT2D eigenvalue weighted by atomic mass is 10.0. The van der Waals surface area contributed by atoms with Crippen LogP contribution in [0.1, 0.15) is 19.4 Å². The van der Waals surface area contributed by atoms with Crippen LogP contribution >= 0.6 is 0 Å². The number of carbonyl (C=O) groups excluding carboxylic acids is 1. The van der Waals surface area contributed by atoms with Crippen LogP contribution in [-0.4, -0.2) is 30.8 Å². The number of aliphatic hydroxyl groups is 1. The average molecular weight is 251 g/mol. The summed E-state index contributed by atoms with van der Waals surface area (Å²) in [7, 11) is 1.61. The monoisotopic (exact) mass is 251 g/mol. The molecule has 18 heavy (non-hydrogen) atoms. The fourth-order valence-electron chi connectivity index (χ4n) is 1.53. The van der Waals surface area contributed by atoms with Gasteiger partial charge in [-0.3, -0.25) is 4.79 Å². The van der Waals surface area contributed by atoms with E-state index in [9.17, 15) is 4.79 Å². The molecule has 0 aromatic heterocycles. The van der Waals surface area contributed by atoms with Gasteiger partial charge in [0.25, 0.3) is 0 Å². The van der Waals surface area contributed by atoms with Crippen molar-refractivity contribution in [3.63, 3.8) is 0 Å². The van der Waals surface area contributed by atoms with Crippen LogP contribution in [0.25, 0.3) is 0 Å². The van der Waals surface area contributed by atoms with E-state index < -0.39 is 0 Å². The van der Waals surface area contributed by atoms with Crippen LogP contribution in [0.2, 0.25) is 0 Å². The molecule has 1 rings (SSSR count). The van der Waals surface area contributed by atoms with Crippen molar-refractivity contribution < 1.29 is 14.6 Å².